The maximum Gasteiger partial charge on any atom is 0.337 e. The predicted molar refractivity (Wildman–Crippen MR) is 137 cm³/mol. The van der Waals surface area contributed by atoms with Crippen molar-refractivity contribution in [1.82, 2.24) is 0 Å². The number of methoxy groups -OCH3 is 1. The minimum Gasteiger partial charge on any atom is -0.493 e. The maximum absolute atomic E-state index is 12.8. The minimum absolute atomic E-state index is 0.0657. The summed E-state index contributed by atoms with van der Waals surface area (Å²) >= 11 is 0. The van der Waals surface area contributed by atoms with Crippen molar-refractivity contribution in [3.05, 3.63) is 94.6 Å². The number of nitro groups is 1. The Morgan fingerprint density at radius 2 is 1.89 bits per heavy atom. The van der Waals surface area contributed by atoms with E-state index in [1.807, 2.05) is 0 Å². The summed E-state index contributed by atoms with van der Waals surface area (Å²) in [5.41, 5.74) is 2.05. The van der Waals surface area contributed by atoms with Gasteiger partial charge in [-0.2, -0.15) is 5.10 Å². The van der Waals surface area contributed by atoms with Crippen molar-refractivity contribution >= 4 is 39.3 Å². The van der Waals surface area contributed by atoms with E-state index >= 15 is 0 Å². The molecular formula is C24H22N4O8S. The molecule has 0 radical (unpaired) electrons. The number of nitrogens with one attached hydrogen (secondary N) is 2. The van der Waals surface area contributed by atoms with E-state index in [0.717, 1.165) is 12.1 Å². The molecule has 0 saturated heterocycles. The van der Waals surface area contributed by atoms with Crippen molar-refractivity contribution in [2.75, 3.05) is 23.9 Å². The molecule has 0 aliphatic carbocycles. The molecule has 0 aliphatic heterocycles. The molecule has 0 heterocycles. The Balaban J connectivity index is 1.83. The maximum atomic E-state index is 12.8. The number of rotatable bonds is 12. The lowest BCUT2D eigenvalue weighted by atomic mass is 10.2. The molecule has 0 atom stereocenters. The van der Waals surface area contributed by atoms with E-state index in [1.54, 1.807) is 24.3 Å². The van der Waals surface area contributed by atoms with Crippen LogP contribution in [-0.4, -0.2) is 44.3 Å². The number of carbonyl (C=O) groups is 1. The molecule has 3 aromatic carbocycles. The number of hydrogen-bond acceptors (Lipinski definition) is 9. The first-order valence-electron chi connectivity index (χ1n) is 10.5. The summed E-state index contributed by atoms with van der Waals surface area (Å²) in [6.07, 6.45) is 2.98. The normalized spacial score (nSPS) is 11.1. The first-order valence-corrected chi connectivity index (χ1v) is 12.0. The second-order valence-electron chi connectivity index (χ2n) is 7.27. The van der Waals surface area contributed by atoms with Gasteiger partial charge in [0.15, 0.2) is 11.5 Å². The SMILES string of the molecule is C=CCOc1ccc(C=NNc2ccc(S(=O)(=O)Nc3ccccc3C(=O)O)cc2[N+](=O)[O-])cc1OC. The van der Waals surface area contributed by atoms with E-state index in [9.17, 15) is 28.4 Å². The molecule has 0 fully saturated rings. The largest absolute Gasteiger partial charge is 0.493 e. The zero-order chi connectivity index (χ0) is 27.0. The number of hydrazone groups is 1. The number of sulfonamides is 1. The van der Waals surface area contributed by atoms with Gasteiger partial charge in [0.25, 0.3) is 15.7 Å². The number of benzene rings is 3. The fourth-order valence-electron chi connectivity index (χ4n) is 3.10. The van der Waals surface area contributed by atoms with Gasteiger partial charge in [-0.15, -0.1) is 0 Å². The fourth-order valence-corrected chi connectivity index (χ4v) is 4.19. The van der Waals surface area contributed by atoms with E-state index in [2.05, 4.69) is 21.8 Å². The highest BCUT2D eigenvalue weighted by Gasteiger charge is 2.23. The Morgan fingerprint density at radius 1 is 1.14 bits per heavy atom. The number of carboxylic acid groups (broad SMARTS) is 1. The zero-order valence-electron chi connectivity index (χ0n) is 19.5. The molecule has 13 heteroatoms. The summed E-state index contributed by atoms with van der Waals surface area (Å²) < 4.78 is 38.5. The van der Waals surface area contributed by atoms with Crippen molar-refractivity contribution in [2.45, 2.75) is 4.90 Å². The van der Waals surface area contributed by atoms with E-state index < -0.39 is 31.5 Å². The first kappa shape index (κ1) is 26.7. The van der Waals surface area contributed by atoms with E-state index in [4.69, 9.17) is 9.47 Å². The molecule has 37 heavy (non-hydrogen) atoms. The quantitative estimate of drug-likeness (QED) is 0.136. The van der Waals surface area contributed by atoms with Crippen molar-refractivity contribution in [3.8, 4) is 11.5 Å². The summed E-state index contributed by atoms with van der Waals surface area (Å²) in [7, 11) is -2.86. The number of nitrogens with zero attached hydrogens (tertiary/aromatic N) is 2. The number of nitro benzene ring substituents is 1. The molecular weight excluding hydrogens is 504 g/mol. The predicted octanol–water partition coefficient (Wildman–Crippen LogP) is 4.11. The summed E-state index contributed by atoms with van der Waals surface area (Å²) in [6, 6.07) is 13.6. The Morgan fingerprint density at radius 3 is 2.57 bits per heavy atom. The number of hydrogen-bond donors (Lipinski definition) is 3. The molecule has 0 aromatic heterocycles. The smallest absolute Gasteiger partial charge is 0.337 e. The second-order valence-corrected chi connectivity index (χ2v) is 8.95. The Kier molecular flexibility index (Phi) is 8.43. The third-order valence-electron chi connectivity index (χ3n) is 4.82. The molecule has 0 spiro atoms. The van der Waals surface area contributed by atoms with Crippen molar-refractivity contribution in [2.24, 2.45) is 5.10 Å². The van der Waals surface area contributed by atoms with Crippen LogP contribution in [0, 0.1) is 10.1 Å². The third-order valence-corrected chi connectivity index (χ3v) is 6.18. The van der Waals surface area contributed by atoms with Crippen molar-refractivity contribution in [1.29, 1.82) is 0 Å². The molecule has 3 aromatic rings. The standard InChI is InChI=1S/C24H22N4O8S/c1-3-12-36-22-11-8-16(13-23(22)35-2)15-25-26-20-10-9-17(14-21(20)28(31)32)37(33,34)27-19-7-5-4-6-18(19)24(29)30/h3-11,13-15,26-27H,1,12H2,2H3,(H,29,30). The van der Waals surface area contributed by atoms with Crippen LogP contribution < -0.4 is 19.6 Å². The van der Waals surface area contributed by atoms with Gasteiger partial charge in [-0.3, -0.25) is 20.3 Å². The molecule has 0 unspecified atom stereocenters. The number of ether oxygens (including phenoxy) is 2. The Bertz CT molecular complexity index is 1470. The van der Waals surface area contributed by atoms with Crippen LogP contribution in [0.15, 0.2) is 83.3 Å². The third kappa shape index (κ3) is 6.61. The molecule has 192 valence electrons. The van der Waals surface area contributed by atoms with Gasteiger partial charge in [0.1, 0.15) is 12.3 Å². The topological polar surface area (TPSA) is 169 Å². The van der Waals surface area contributed by atoms with Gasteiger partial charge in [0, 0.05) is 6.07 Å². The average Bonchev–Trinajstić information content (AvgIpc) is 2.87. The van der Waals surface area contributed by atoms with E-state index in [1.165, 1.54) is 43.7 Å². The molecule has 3 rings (SSSR count). The summed E-state index contributed by atoms with van der Waals surface area (Å²) in [6.45, 7) is 3.88. The highest BCUT2D eigenvalue weighted by molar-refractivity contribution is 7.92. The van der Waals surface area contributed by atoms with Crippen LogP contribution in [0.2, 0.25) is 0 Å². The van der Waals surface area contributed by atoms with Gasteiger partial charge < -0.3 is 14.6 Å². The Labute approximate surface area is 212 Å². The second kappa shape index (κ2) is 11.7. The highest BCUT2D eigenvalue weighted by Crippen LogP contribution is 2.30. The van der Waals surface area contributed by atoms with Gasteiger partial charge in [-0.1, -0.05) is 24.8 Å². The zero-order valence-corrected chi connectivity index (χ0v) is 20.3. The summed E-state index contributed by atoms with van der Waals surface area (Å²) in [4.78, 5) is 21.8. The van der Waals surface area contributed by atoms with Crippen molar-refractivity contribution < 1.29 is 32.7 Å². The van der Waals surface area contributed by atoms with Crippen LogP contribution in [0.25, 0.3) is 0 Å². The average molecular weight is 527 g/mol. The fraction of sp³-hybridized carbons (Fsp3) is 0.0833. The highest BCUT2D eigenvalue weighted by atomic mass is 32.2. The molecule has 0 amide bonds. The van der Waals surface area contributed by atoms with Gasteiger partial charge in [-0.25, -0.2) is 13.2 Å². The van der Waals surface area contributed by atoms with Crippen LogP contribution in [0.4, 0.5) is 17.1 Å². The van der Waals surface area contributed by atoms with Crippen LogP contribution in [0.1, 0.15) is 15.9 Å². The van der Waals surface area contributed by atoms with Crippen LogP contribution >= 0.6 is 0 Å². The molecule has 3 N–H and O–H groups in total. The summed E-state index contributed by atoms with van der Waals surface area (Å²) in [5.74, 6) is -0.388. The van der Waals surface area contributed by atoms with Crippen LogP contribution in [-0.2, 0) is 10.0 Å². The number of anilines is 2. The van der Waals surface area contributed by atoms with Crippen LogP contribution in [0.5, 0.6) is 11.5 Å². The lowest BCUT2D eigenvalue weighted by Crippen LogP contribution is -2.16. The minimum atomic E-state index is -4.34. The van der Waals surface area contributed by atoms with Gasteiger partial charge in [0.2, 0.25) is 0 Å². The molecule has 0 saturated carbocycles. The first-order chi connectivity index (χ1) is 17.7. The van der Waals surface area contributed by atoms with Crippen LogP contribution in [0.3, 0.4) is 0 Å². The number of aromatic carboxylic acids is 1. The van der Waals surface area contributed by atoms with E-state index in [-0.39, 0.29) is 16.9 Å². The van der Waals surface area contributed by atoms with Gasteiger partial charge in [0.05, 0.1) is 34.4 Å². The molecule has 0 bridgehead atoms. The monoisotopic (exact) mass is 526 g/mol. The van der Waals surface area contributed by atoms with E-state index in [0.29, 0.717) is 23.7 Å². The van der Waals surface area contributed by atoms with Crippen molar-refractivity contribution in [3.63, 3.8) is 0 Å². The number of para-hydroxylation sites is 1. The van der Waals surface area contributed by atoms with Gasteiger partial charge >= 0.3 is 5.97 Å². The molecule has 12 nitrogen and oxygen atoms in total. The summed E-state index contributed by atoms with van der Waals surface area (Å²) in [5, 5.41) is 24.9. The molecule has 0 aliphatic rings. The number of carboxylic acids is 1. The lowest BCUT2D eigenvalue weighted by molar-refractivity contribution is -0.384. The Hall–Kier alpha value is -4.91. The lowest BCUT2D eigenvalue weighted by Gasteiger charge is -2.11. The van der Waals surface area contributed by atoms with Gasteiger partial charge in [-0.05, 0) is 48.0 Å².